The molecule has 0 aliphatic carbocycles. The minimum absolute atomic E-state index is 0.0266. The summed E-state index contributed by atoms with van der Waals surface area (Å²) in [5.74, 6) is -6.21. The molecule has 3 aromatic rings. The first-order valence-corrected chi connectivity index (χ1v) is 14.4. The number of hydrogen-bond donors (Lipinski definition) is 5. The zero-order chi connectivity index (χ0) is 37.7. The first kappa shape index (κ1) is 42.9. The van der Waals surface area contributed by atoms with Crippen molar-refractivity contribution in [2.75, 3.05) is 27.2 Å². The van der Waals surface area contributed by atoms with Gasteiger partial charge >= 0.3 is 24.3 Å². The SMILES string of the molecule is CN(C)CCNCc1nc(Br)c(C(=O)NCc2ccc(Cl)c(Oc3cc(Cl)cc(C#N)c3)c2F)[nH]1.O=C(O)C(F)(F)F.O=C(O)C(F)(F)F. The van der Waals surface area contributed by atoms with Crippen LogP contribution in [-0.2, 0) is 22.7 Å². The van der Waals surface area contributed by atoms with Gasteiger partial charge in [0.05, 0.1) is 23.2 Å². The average molecular weight is 812 g/mol. The third-order valence-corrected chi connectivity index (χ3v) is 6.33. The molecule has 268 valence electrons. The highest BCUT2D eigenvalue weighted by atomic mass is 79.9. The molecule has 0 bridgehead atoms. The lowest BCUT2D eigenvalue weighted by Gasteiger charge is -2.13. The van der Waals surface area contributed by atoms with Crippen LogP contribution in [0.1, 0.15) is 27.4 Å². The molecular weight excluding hydrogens is 788 g/mol. The molecule has 49 heavy (non-hydrogen) atoms. The Hall–Kier alpha value is -4.16. The fourth-order valence-electron chi connectivity index (χ4n) is 3.01. The molecule has 5 N–H and O–H groups in total. The number of ether oxygens (including phenoxy) is 1. The van der Waals surface area contributed by atoms with Crippen molar-refractivity contribution in [3.8, 4) is 17.6 Å². The van der Waals surface area contributed by atoms with E-state index in [2.05, 4.69) is 41.4 Å². The van der Waals surface area contributed by atoms with E-state index in [0.717, 1.165) is 13.1 Å². The van der Waals surface area contributed by atoms with Gasteiger partial charge in [0, 0.05) is 30.2 Å². The predicted molar refractivity (Wildman–Crippen MR) is 163 cm³/mol. The van der Waals surface area contributed by atoms with Crippen LogP contribution in [0.25, 0.3) is 0 Å². The lowest BCUT2D eigenvalue weighted by molar-refractivity contribution is -0.193. The van der Waals surface area contributed by atoms with E-state index >= 15 is 4.39 Å². The van der Waals surface area contributed by atoms with Gasteiger partial charge in [0.15, 0.2) is 11.6 Å². The molecule has 0 fully saturated rings. The Bertz CT molecular complexity index is 1640. The number of benzene rings is 2. The quantitative estimate of drug-likeness (QED) is 0.118. The number of carbonyl (C=O) groups is 3. The molecule has 0 spiro atoms. The number of nitriles is 1. The molecule has 12 nitrogen and oxygen atoms in total. The predicted octanol–water partition coefficient (Wildman–Crippen LogP) is 6.13. The number of likely N-dealkylation sites (N-methyl/N-ethyl adjacent to an activating group) is 1. The molecule has 0 saturated carbocycles. The van der Waals surface area contributed by atoms with Crippen molar-refractivity contribution >= 4 is 57.0 Å². The van der Waals surface area contributed by atoms with Crippen LogP contribution in [0.15, 0.2) is 34.9 Å². The van der Waals surface area contributed by atoms with E-state index in [4.69, 9.17) is 53.0 Å². The highest BCUT2D eigenvalue weighted by Crippen LogP contribution is 2.35. The molecule has 2 aromatic carbocycles. The molecule has 3 rings (SSSR count). The van der Waals surface area contributed by atoms with Crippen LogP contribution >= 0.6 is 39.1 Å². The molecule has 0 radical (unpaired) electrons. The van der Waals surface area contributed by atoms with Gasteiger partial charge in [-0.2, -0.15) is 31.6 Å². The number of H-pyrrole nitrogens is 1. The molecule has 1 heterocycles. The number of carboxylic acid groups (broad SMARTS) is 2. The number of nitrogens with zero attached hydrogens (tertiary/aromatic N) is 3. The van der Waals surface area contributed by atoms with Crippen LogP contribution in [0.5, 0.6) is 11.5 Å². The summed E-state index contributed by atoms with van der Waals surface area (Å²) in [7, 11) is 3.96. The number of alkyl halides is 6. The Balaban J connectivity index is 0.000000717. The van der Waals surface area contributed by atoms with E-state index < -0.39 is 36.0 Å². The molecule has 1 amide bonds. The van der Waals surface area contributed by atoms with Crippen LogP contribution in [0.2, 0.25) is 10.0 Å². The molecule has 0 unspecified atom stereocenters. The van der Waals surface area contributed by atoms with Crippen molar-refractivity contribution in [1.29, 1.82) is 5.26 Å². The Morgan fingerprint density at radius 2 is 1.61 bits per heavy atom. The van der Waals surface area contributed by atoms with Crippen molar-refractivity contribution in [1.82, 2.24) is 25.5 Å². The minimum atomic E-state index is -5.08. The summed E-state index contributed by atoms with van der Waals surface area (Å²) >= 11 is 15.4. The smallest absolute Gasteiger partial charge is 0.475 e. The Kier molecular flexibility index (Phi) is 16.7. The van der Waals surface area contributed by atoms with Gasteiger partial charge in [0.1, 0.15) is 21.9 Å². The number of aromatic nitrogens is 2. The van der Waals surface area contributed by atoms with E-state index in [-0.39, 0.29) is 44.9 Å². The van der Waals surface area contributed by atoms with Crippen molar-refractivity contribution in [2.24, 2.45) is 0 Å². The molecular formula is C27H24BrCl2F7N6O6. The van der Waals surface area contributed by atoms with Gasteiger partial charge in [-0.05, 0) is 54.3 Å². The van der Waals surface area contributed by atoms with E-state index in [1.54, 1.807) is 0 Å². The third-order valence-electron chi connectivity index (χ3n) is 5.24. The summed E-state index contributed by atoms with van der Waals surface area (Å²) in [5.41, 5.74) is 0.634. The summed E-state index contributed by atoms with van der Waals surface area (Å²) in [4.78, 5) is 39.8. The number of aromatic amines is 1. The highest BCUT2D eigenvalue weighted by molar-refractivity contribution is 9.10. The summed E-state index contributed by atoms with van der Waals surface area (Å²) in [6, 6.07) is 9.17. The summed E-state index contributed by atoms with van der Waals surface area (Å²) < 4.78 is 84.6. The maximum atomic E-state index is 15.2. The van der Waals surface area contributed by atoms with Gasteiger partial charge in [-0.1, -0.05) is 29.3 Å². The van der Waals surface area contributed by atoms with Crippen LogP contribution in [0.4, 0.5) is 30.7 Å². The van der Waals surface area contributed by atoms with Crippen LogP contribution < -0.4 is 15.4 Å². The normalized spacial score (nSPS) is 11.0. The average Bonchev–Trinajstić information content (AvgIpc) is 3.36. The summed E-state index contributed by atoms with van der Waals surface area (Å²) in [6.45, 7) is 1.97. The molecule has 0 atom stereocenters. The number of imidazole rings is 1. The van der Waals surface area contributed by atoms with Crippen LogP contribution in [0.3, 0.4) is 0 Å². The monoisotopic (exact) mass is 810 g/mol. The number of nitrogens with one attached hydrogen (secondary N) is 3. The van der Waals surface area contributed by atoms with E-state index in [0.29, 0.717) is 17.0 Å². The van der Waals surface area contributed by atoms with E-state index in [1.165, 1.54) is 30.3 Å². The van der Waals surface area contributed by atoms with Crippen molar-refractivity contribution in [2.45, 2.75) is 25.4 Å². The Morgan fingerprint density at radius 3 is 2.12 bits per heavy atom. The van der Waals surface area contributed by atoms with Crippen LogP contribution in [-0.4, -0.2) is 82.5 Å². The molecule has 0 aliphatic rings. The number of carboxylic acids is 2. The van der Waals surface area contributed by atoms with Crippen molar-refractivity contribution < 1.29 is 60.1 Å². The topological polar surface area (TPSA) is 181 Å². The fraction of sp³-hybridized carbons (Fsp3) is 0.296. The lowest BCUT2D eigenvalue weighted by Crippen LogP contribution is -2.26. The third kappa shape index (κ3) is 15.3. The van der Waals surface area contributed by atoms with E-state index in [9.17, 15) is 31.1 Å². The van der Waals surface area contributed by atoms with Crippen molar-refractivity contribution in [3.05, 3.63) is 73.4 Å². The minimum Gasteiger partial charge on any atom is -0.475 e. The summed E-state index contributed by atoms with van der Waals surface area (Å²) in [6.07, 6.45) is -10.2. The molecule has 0 saturated heterocycles. The Morgan fingerprint density at radius 1 is 1.04 bits per heavy atom. The zero-order valence-corrected chi connectivity index (χ0v) is 28.0. The second-order valence-corrected chi connectivity index (χ2v) is 11.0. The number of rotatable bonds is 10. The number of halogens is 10. The number of hydrogen-bond acceptors (Lipinski definition) is 8. The van der Waals surface area contributed by atoms with Gasteiger partial charge in [-0.15, -0.1) is 0 Å². The summed E-state index contributed by atoms with van der Waals surface area (Å²) in [5, 5.41) is 29.5. The molecule has 0 aliphatic heterocycles. The van der Waals surface area contributed by atoms with Crippen molar-refractivity contribution in [3.63, 3.8) is 0 Å². The van der Waals surface area contributed by atoms with E-state index in [1.807, 2.05) is 20.2 Å². The Labute approximate surface area is 290 Å². The van der Waals surface area contributed by atoms with Gasteiger partial charge < -0.3 is 35.5 Å². The van der Waals surface area contributed by atoms with Gasteiger partial charge in [0.25, 0.3) is 5.91 Å². The highest BCUT2D eigenvalue weighted by Gasteiger charge is 2.38. The molecule has 22 heteroatoms. The first-order valence-electron chi connectivity index (χ1n) is 12.9. The maximum absolute atomic E-state index is 15.2. The first-order chi connectivity index (χ1) is 22.6. The fourth-order valence-corrected chi connectivity index (χ4v) is 3.92. The standard InChI is InChI=1S/C23H22BrCl2FN6O2.2C2HF3O2/c1-33(2)6-5-29-12-18-31-20(22(24)32-18)23(34)30-11-14-3-4-17(26)21(19(14)27)35-16-8-13(10-28)7-15(25)9-16;2*3-2(4,5)1(6)7/h3-4,7-9,29H,5-6,11-12H2,1-2H3,(H,30,34)(H,31,32);2*(H,6,7). The second-order valence-electron chi connectivity index (χ2n) is 9.36. The second kappa shape index (κ2) is 19.1. The maximum Gasteiger partial charge on any atom is 0.490 e. The number of aliphatic carboxylic acids is 2. The number of carbonyl (C=O) groups excluding carboxylic acids is 1. The lowest BCUT2D eigenvalue weighted by atomic mass is 10.2. The number of amides is 1. The molecule has 1 aromatic heterocycles. The van der Waals surface area contributed by atoms with Gasteiger partial charge in [-0.25, -0.2) is 19.0 Å². The largest absolute Gasteiger partial charge is 0.490 e. The van der Waals surface area contributed by atoms with Gasteiger partial charge in [0.2, 0.25) is 0 Å². The van der Waals surface area contributed by atoms with Crippen LogP contribution in [0, 0.1) is 17.1 Å². The van der Waals surface area contributed by atoms with Gasteiger partial charge in [-0.3, -0.25) is 4.79 Å². The zero-order valence-electron chi connectivity index (χ0n) is 24.9.